The van der Waals surface area contributed by atoms with Gasteiger partial charge in [-0.05, 0) is 24.5 Å². The normalized spacial score (nSPS) is 12.4. The van der Waals surface area contributed by atoms with E-state index in [2.05, 4.69) is 18.8 Å². The summed E-state index contributed by atoms with van der Waals surface area (Å²) in [6, 6.07) is 3.60. The lowest BCUT2D eigenvalue weighted by Crippen LogP contribution is -2.10. The molecule has 0 aliphatic carbocycles. The number of hydrogen-bond donors (Lipinski definition) is 1. The molecule has 1 unspecified atom stereocenters. The molecular weight excluding hydrogens is 176 g/mol. The predicted molar refractivity (Wildman–Crippen MR) is 58.2 cm³/mol. The number of hydrogen-bond acceptors (Lipinski definition) is 3. The Morgan fingerprint density at radius 2 is 2.36 bits per heavy atom. The summed E-state index contributed by atoms with van der Waals surface area (Å²) >= 11 is 0. The van der Waals surface area contributed by atoms with E-state index in [0.717, 1.165) is 0 Å². The number of anilines is 1. The molecule has 0 saturated carbocycles. The van der Waals surface area contributed by atoms with Crippen LogP contribution in [0.25, 0.3) is 0 Å². The predicted octanol–water partition coefficient (Wildman–Crippen LogP) is 2.48. The molecule has 0 amide bonds. The van der Waals surface area contributed by atoms with Crippen LogP contribution in [0, 0.1) is 5.92 Å². The van der Waals surface area contributed by atoms with Crippen LogP contribution >= 0.6 is 0 Å². The standard InChI is InChI=1S/C11H18N2O/c1-3-5-9(2)8-14-11-10(12)6-4-7-13-11/h4,6-7,9H,3,5,8,12H2,1-2H3. The van der Waals surface area contributed by atoms with Crippen LogP contribution in [0.1, 0.15) is 26.7 Å². The zero-order chi connectivity index (χ0) is 10.4. The van der Waals surface area contributed by atoms with Crippen molar-refractivity contribution >= 4 is 5.69 Å². The lowest BCUT2D eigenvalue weighted by atomic mass is 10.1. The van der Waals surface area contributed by atoms with Gasteiger partial charge in [0.2, 0.25) is 5.88 Å². The average Bonchev–Trinajstić information content (AvgIpc) is 2.17. The van der Waals surface area contributed by atoms with Crippen LogP contribution in [0.3, 0.4) is 0 Å². The summed E-state index contributed by atoms with van der Waals surface area (Å²) in [4.78, 5) is 4.06. The number of pyridine rings is 1. The molecule has 3 heteroatoms. The Morgan fingerprint density at radius 3 is 3.00 bits per heavy atom. The molecule has 78 valence electrons. The molecule has 1 aromatic rings. The molecule has 0 saturated heterocycles. The van der Waals surface area contributed by atoms with Crippen LogP contribution in [-0.2, 0) is 0 Å². The Morgan fingerprint density at radius 1 is 1.57 bits per heavy atom. The van der Waals surface area contributed by atoms with E-state index in [1.165, 1.54) is 12.8 Å². The molecule has 0 bridgehead atoms. The van der Waals surface area contributed by atoms with E-state index >= 15 is 0 Å². The monoisotopic (exact) mass is 194 g/mol. The van der Waals surface area contributed by atoms with Gasteiger partial charge in [0.1, 0.15) is 0 Å². The first-order valence-electron chi connectivity index (χ1n) is 5.07. The number of aromatic nitrogens is 1. The van der Waals surface area contributed by atoms with Crippen molar-refractivity contribution in [2.24, 2.45) is 5.92 Å². The molecule has 0 radical (unpaired) electrons. The lowest BCUT2D eigenvalue weighted by Gasteiger charge is -2.12. The summed E-state index contributed by atoms with van der Waals surface area (Å²) < 4.78 is 5.52. The smallest absolute Gasteiger partial charge is 0.237 e. The van der Waals surface area contributed by atoms with Gasteiger partial charge < -0.3 is 10.5 Å². The van der Waals surface area contributed by atoms with Gasteiger partial charge >= 0.3 is 0 Å². The number of rotatable bonds is 5. The number of ether oxygens (including phenoxy) is 1. The highest BCUT2D eigenvalue weighted by atomic mass is 16.5. The minimum Gasteiger partial charge on any atom is -0.476 e. The molecule has 0 spiro atoms. The van der Waals surface area contributed by atoms with Gasteiger partial charge in [-0.3, -0.25) is 0 Å². The highest BCUT2D eigenvalue weighted by Crippen LogP contribution is 2.17. The minimum atomic E-state index is 0.551. The Hall–Kier alpha value is -1.25. The molecule has 0 aromatic carbocycles. The van der Waals surface area contributed by atoms with Crippen LogP contribution in [0.15, 0.2) is 18.3 Å². The average molecular weight is 194 g/mol. The van der Waals surface area contributed by atoms with E-state index in [9.17, 15) is 0 Å². The minimum absolute atomic E-state index is 0.551. The Kier molecular flexibility index (Phi) is 4.23. The van der Waals surface area contributed by atoms with E-state index in [-0.39, 0.29) is 0 Å². The first-order chi connectivity index (χ1) is 6.74. The SMILES string of the molecule is CCCC(C)COc1ncccc1N. The van der Waals surface area contributed by atoms with Gasteiger partial charge in [0, 0.05) is 6.20 Å². The molecule has 14 heavy (non-hydrogen) atoms. The second-order valence-corrected chi connectivity index (χ2v) is 3.60. The van der Waals surface area contributed by atoms with Crippen LogP contribution in [-0.4, -0.2) is 11.6 Å². The summed E-state index contributed by atoms with van der Waals surface area (Å²) in [6.45, 7) is 5.03. The van der Waals surface area contributed by atoms with Crippen molar-refractivity contribution < 1.29 is 4.74 Å². The number of nitrogens with two attached hydrogens (primary N) is 1. The summed E-state index contributed by atoms with van der Waals surface area (Å²) in [5.74, 6) is 1.11. The molecule has 2 N–H and O–H groups in total. The topological polar surface area (TPSA) is 48.1 Å². The molecule has 1 atom stereocenters. The molecule has 0 fully saturated rings. The van der Waals surface area contributed by atoms with E-state index in [1.807, 2.05) is 0 Å². The van der Waals surface area contributed by atoms with Gasteiger partial charge in [-0.25, -0.2) is 4.98 Å². The third kappa shape index (κ3) is 3.24. The first kappa shape index (κ1) is 10.8. The fourth-order valence-corrected chi connectivity index (χ4v) is 1.32. The first-order valence-corrected chi connectivity index (χ1v) is 5.07. The Bertz CT molecular complexity index is 276. The molecule has 1 aromatic heterocycles. The van der Waals surface area contributed by atoms with Crippen molar-refractivity contribution in [1.29, 1.82) is 0 Å². The van der Waals surface area contributed by atoms with E-state index in [4.69, 9.17) is 10.5 Å². The maximum absolute atomic E-state index is 5.69. The summed E-state index contributed by atoms with van der Waals surface area (Å²) in [6.07, 6.45) is 4.05. The maximum atomic E-state index is 5.69. The lowest BCUT2D eigenvalue weighted by molar-refractivity contribution is 0.244. The molecular formula is C11H18N2O. The van der Waals surface area contributed by atoms with Crippen molar-refractivity contribution in [3.05, 3.63) is 18.3 Å². The second-order valence-electron chi connectivity index (χ2n) is 3.60. The van der Waals surface area contributed by atoms with Gasteiger partial charge in [-0.1, -0.05) is 20.3 Å². The number of nitrogen functional groups attached to an aromatic ring is 1. The van der Waals surface area contributed by atoms with E-state index in [0.29, 0.717) is 24.1 Å². The van der Waals surface area contributed by atoms with Crippen LogP contribution in [0.5, 0.6) is 5.88 Å². The third-order valence-electron chi connectivity index (χ3n) is 2.09. The van der Waals surface area contributed by atoms with Crippen LogP contribution in [0.4, 0.5) is 5.69 Å². The fourth-order valence-electron chi connectivity index (χ4n) is 1.32. The van der Waals surface area contributed by atoms with Crippen molar-refractivity contribution in [1.82, 2.24) is 4.98 Å². The van der Waals surface area contributed by atoms with Crippen LogP contribution in [0.2, 0.25) is 0 Å². The van der Waals surface area contributed by atoms with Crippen LogP contribution < -0.4 is 10.5 Å². The quantitative estimate of drug-likeness (QED) is 0.783. The third-order valence-corrected chi connectivity index (χ3v) is 2.09. The molecule has 1 heterocycles. The maximum Gasteiger partial charge on any atom is 0.237 e. The Labute approximate surface area is 85.3 Å². The van der Waals surface area contributed by atoms with Gasteiger partial charge in [0.25, 0.3) is 0 Å². The molecule has 3 nitrogen and oxygen atoms in total. The van der Waals surface area contributed by atoms with E-state index in [1.54, 1.807) is 18.3 Å². The summed E-state index contributed by atoms with van der Waals surface area (Å²) in [5.41, 5.74) is 6.30. The largest absolute Gasteiger partial charge is 0.476 e. The van der Waals surface area contributed by atoms with Gasteiger partial charge in [-0.2, -0.15) is 0 Å². The summed E-state index contributed by atoms with van der Waals surface area (Å²) in [7, 11) is 0. The Balaban J connectivity index is 2.41. The fraction of sp³-hybridized carbons (Fsp3) is 0.545. The van der Waals surface area contributed by atoms with Gasteiger partial charge in [0.05, 0.1) is 12.3 Å². The molecule has 1 rings (SSSR count). The number of nitrogens with zero attached hydrogens (tertiary/aromatic N) is 1. The van der Waals surface area contributed by atoms with Crippen molar-refractivity contribution in [2.75, 3.05) is 12.3 Å². The zero-order valence-corrected chi connectivity index (χ0v) is 8.86. The van der Waals surface area contributed by atoms with Crippen molar-refractivity contribution in [3.63, 3.8) is 0 Å². The van der Waals surface area contributed by atoms with Crippen molar-refractivity contribution in [2.45, 2.75) is 26.7 Å². The van der Waals surface area contributed by atoms with E-state index < -0.39 is 0 Å². The van der Waals surface area contributed by atoms with Gasteiger partial charge in [0.15, 0.2) is 0 Å². The molecule has 0 aliphatic rings. The molecule has 0 aliphatic heterocycles. The highest BCUT2D eigenvalue weighted by molar-refractivity contribution is 5.46. The highest BCUT2D eigenvalue weighted by Gasteiger charge is 2.04. The second kappa shape index (κ2) is 5.47. The summed E-state index contributed by atoms with van der Waals surface area (Å²) in [5, 5.41) is 0. The zero-order valence-electron chi connectivity index (χ0n) is 8.86. The van der Waals surface area contributed by atoms with Crippen molar-refractivity contribution in [3.8, 4) is 5.88 Å². The van der Waals surface area contributed by atoms with Gasteiger partial charge in [-0.15, -0.1) is 0 Å².